The number of hydrogen-bond donors (Lipinski definition) is 1. The van der Waals surface area contributed by atoms with Crippen molar-refractivity contribution >= 4 is 0 Å². The van der Waals surface area contributed by atoms with Crippen LogP contribution < -0.4 is 5.73 Å². The highest BCUT2D eigenvalue weighted by Crippen LogP contribution is 2.16. The molecule has 1 fully saturated rings. The molecule has 0 atom stereocenters. The molecule has 0 radical (unpaired) electrons. The second-order valence-electron chi connectivity index (χ2n) is 5.33. The first-order valence-electron chi connectivity index (χ1n) is 6.71. The van der Waals surface area contributed by atoms with E-state index in [1.165, 1.54) is 25.9 Å². The van der Waals surface area contributed by atoms with Gasteiger partial charge in [-0.05, 0) is 38.6 Å². The number of nitrogens with two attached hydrogens (primary N) is 1. The summed E-state index contributed by atoms with van der Waals surface area (Å²) in [6.07, 6.45) is 4.41. The standard InChI is InChI=1S/C14H24N4/c1-17(2)14-5-7-18(8-6-14)11-13-4-3-12(9-15)10-16-13/h3-4,10,14H,5-9,11,15H2,1-2H3. The van der Waals surface area contributed by atoms with Crippen LogP contribution in [-0.2, 0) is 13.1 Å². The van der Waals surface area contributed by atoms with Crippen molar-refractivity contribution in [3.05, 3.63) is 29.6 Å². The molecule has 0 aliphatic carbocycles. The van der Waals surface area contributed by atoms with Crippen molar-refractivity contribution < 1.29 is 0 Å². The lowest BCUT2D eigenvalue weighted by Crippen LogP contribution is -2.41. The Morgan fingerprint density at radius 1 is 1.33 bits per heavy atom. The maximum atomic E-state index is 5.57. The highest BCUT2D eigenvalue weighted by Gasteiger charge is 2.20. The van der Waals surface area contributed by atoms with Crippen LogP contribution in [0.5, 0.6) is 0 Å². The number of likely N-dealkylation sites (tertiary alicyclic amines) is 1. The number of rotatable bonds is 4. The minimum Gasteiger partial charge on any atom is -0.326 e. The topological polar surface area (TPSA) is 45.4 Å². The maximum Gasteiger partial charge on any atom is 0.0544 e. The van der Waals surface area contributed by atoms with Crippen LogP contribution in [0.25, 0.3) is 0 Å². The van der Waals surface area contributed by atoms with Crippen molar-refractivity contribution in [2.24, 2.45) is 5.73 Å². The van der Waals surface area contributed by atoms with Crippen LogP contribution in [0.3, 0.4) is 0 Å². The largest absolute Gasteiger partial charge is 0.326 e. The van der Waals surface area contributed by atoms with Gasteiger partial charge in [-0.3, -0.25) is 9.88 Å². The van der Waals surface area contributed by atoms with Gasteiger partial charge in [0.1, 0.15) is 0 Å². The zero-order chi connectivity index (χ0) is 13.0. The molecule has 2 rings (SSSR count). The van der Waals surface area contributed by atoms with Crippen LogP contribution in [0, 0.1) is 0 Å². The lowest BCUT2D eigenvalue weighted by Gasteiger charge is -2.34. The van der Waals surface area contributed by atoms with E-state index < -0.39 is 0 Å². The lowest BCUT2D eigenvalue weighted by atomic mass is 10.0. The zero-order valence-electron chi connectivity index (χ0n) is 11.5. The van der Waals surface area contributed by atoms with Gasteiger partial charge in [-0.2, -0.15) is 0 Å². The number of hydrogen-bond acceptors (Lipinski definition) is 4. The summed E-state index contributed by atoms with van der Waals surface area (Å²) in [6.45, 7) is 3.87. The van der Waals surface area contributed by atoms with Gasteiger partial charge >= 0.3 is 0 Å². The smallest absolute Gasteiger partial charge is 0.0544 e. The van der Waals surface area contributed by atoms with Gasteiger partial charge in [0.2, 0.25) is 0 Å². The minimum atomic E-state index is 0.571. The van der Waals surface area contributed by atoms with Crippen molar-refractivity contribution in [1.82, 2.24) is 14.8 Å². The molecule has 0 aromatic carbocycles. The lowest BCUT2D eigenvalue weighted by molar-refractivity contribution is 0.139. The SMILES string of the molecule is CN(C)C1CCN(Cc2ccc(CN)cn2)CC1. The fourth-order valence-electron chi connectivity index (χ4n) is 2.49. The van der Waals surface area contributed by atoms with E-state index in [9.17, 15) is 0 Å². The Morgan fingerprint density at radius 2 is 2.06 bits per heavy atom. The summed E-state index contributed by atoms with van der Waals surface area (Å²) in [5, 5.41) is 0. The summed E-state index contributed by atoms with van der Waals surface area (Å²) < 4.78 is 0. The van der Waals surface area contributed by atoms with Gasteiger partial charge in [-0.1, -0.05) is 6.07 Å². The summed E-state index contributed by atoms with van der Waals surface area (Å²) in [5.41, 5.74) is 7.82. The molecule has 0 saturated carbocycles. The van der Waals surface area contributed by atoms with Gasteiger partial charge in [0.25, 0.3) is 0 Å². The molecule has 18 heavy (non-hydrogen) atoms. The molecule has 0 amide bonds. The van der Waals surface area contributed by atoms with Crippen LogP contribution in [0.4, 0.5) is 0 Å². The molecule has 2 N–H and O–H groups in total. The summed E-state index contributed by atoms with van der Waals surface area (Å²) in [4.78, 5) is 9.30. The zero-order valence-corrected chi connectivity index (χ0v) is 11.5. The Bertz CT molecular complexity index is 353. The van der Waals surface area contributed by atoms with E-state index in [4.69, 9.17) is 5.73 Å². The summed E-state index contributed by atoms with van der Waals surface area (Å²) in [6, 6.07) is 4.92. The normalized spacial score (nSPS) is 18.4. The fraction of sp³-hybridized carbons (Fsp3) is 0.643. The number of pyridine rings is 1. The van der Waals surface area contributed by atoms with E-state index in [0.29, 0.717) is 6.54 Å². The van der Waals surface area contributed by atoms with Gasteiger partial charge in [0, 0.05) is 38.4 Å². The second-order valence-corrected chi connectivity index (χ2v) is 5.33. The number of piperidine rings is 1. The first-order chi connectivity index (χ1) is 8.69. The van der Waals surface area contributed by atoms with Crippen molar-refractivity contribution in [3.8, 4) is 0 Å². The predicted octanol–water partition coefficient (Wildman–Crippen LogP) is 1.07. The van der Waals surface area contributed by atoms with Gasteiger partial charge in [-0.15, -0.1) is 0 Å². The van der Waals surface area contributed by atoms with Crippen LogP contribution in [-0.4, -0.2) is 48.0 Å². The molecule has 0 bridgehead atoms. The Morgan fingerprint density at radius 3 is 2.56 bits per heavy atom. The summed E-state index contributed by atoms with van der Waals surface area (Å²) in [5.74, 6) is 0. The first-order valence-corrected chi connectivity index (χ1v) is 6.71. The molecule has 100 valence electrons. The van der Waals surface area contributed by atoms with Gasteiger partial charge in [-0.25, -0.2) is 0 Å². The molecule has 4 heteroatoms. The van der Waals surface area contributed by atoms with E-state index in [2.05, 4.69) is 41.0 Å². The Labute approximate surface area is 110 Å². The van der Waals surface area contributed by atoms with Gasteiger partial charge < -0.3 is 10.6 Å². The fourth-order valence-corrected chi connectivity index (χ4v) is 2.49. The van der Waals surface area contributed by atoms with Crippen LogP contribution in [0.1, 0.15) is 24.1 Å². The van der Waals surface area contributed by atoms with E-state index in [-0.39, 0.29) is 0 Å². The Balaban J connectivity index is 1.83. The molecule has 0 spiro atoms. The van der Waals surface area contributed by atoms with Gasteiger partial charge in [0.05, 0.1) is 5.69 Å². The van der Waals surface area contributed by atoms with Crippen molar-refractivity contribution in [2.45, 2.75) is 32.0 Å². The highest BCUT2D eigenvalue weighted by molar-refractivity contribution is 5.13. The molecule has 0 unspecified atom stereocenters. The minimum absolute atomic E-state index is 0.571. The summed E-state index contributed by atoms with van der Waals surface area (Å²) in [7, 11) is 4.35. The number of nitrogens with zero attached hydrogens (tertiary/aromatic N) is 3. The third-order valence-electron chi connectivity index (χ3n) is 3.79. The molecule has 4 nitrogen and oxygen atoms in total. The highest BCUT2D eigenvalue weighted by atomic mass is 15.2. The van der Waals surface area contributed by atoms with Crippen LogP contribution >= 0.6 is 0 Å². The maximum absolute atomic E-state index is 5.57. The Kier molecular flexibility index (Phi) is 4.69. The molecule has 2 heterocycles. The second kappa shape index (κ2) is 6.27. The predicted molar refractivity (Wildman–Crippen MR) is 74.1 cm³/mol. The van der Waals surface area contributed by atoms with Crippen molar-refractivity contribution in [2.75, 3.05) is 27.2 Å². The average molecular weight is 248 g/mol. The van der Waals surface area contributed by atoms with E-state index >= 15 is 0 Å². The first kappa shape index (κ1) is 13.5. The van der Waals surface area contributed by atoms with Crippen molar-refractivity contribution in [3.63, 3.8) is 0 Å². The van der Waals surface area contributed by atoms with Crippen LogP contribution in [0.15, 0.2) is 18.3 Å². The quantitative estimate of drug-likeness (QED) is 0.865. The van der Waals surface area contributed by atoms with Crippen LogP contribution in [0.2, 0.25) is 0 Å². The molecule has 1 saturated heterocycles. The summed E-state index contributed by atoms with van der Waals surface area (Å²) >= 11 is 0. The third-order valence-corrected chi connectivity index (χ3v) is 3.79. The average Bonchev–Trinajstić information content (AvgIpc) is 2.40. The molecule has 1 aliphatic heterocycles. The Hall–Kier alpha value is -0.970. The molecule has 1 aromatic rings. The van der Waals surface area contributed by atoms with E-state index in [1.54, 1.807) is 0 Å². The molecule has 1 aliphatic rings. The van der Waals surface area contributed by atoms with Gasteiger partial charge in [0.15, 0.2) is 0 Å². The third kappa shape index (κ3) is 3.51. The van der Waals surface area contributed by atoms with E-state index in [1.807, 2.05) is 6.20 Å². The molecular formula is C14H24N4. The number of aromatic nitrogens is 1. The molecule has 1 aromatic heterocycles. The van der Waals surface area contributed by atoms with E-state index in [0.717, 1.165) is 23.8 Å². The van der Waals surface area contributed by atoms with Crippen molar-refractivity contribution in [1.29, 1.82) is 0 Å². The molecular weight excluding hydrogens is 224 g/mol. The monoisotopic (exact) mass is 248 g/mol.